The van der Waals surface area contributed by atoms with Gasteiger partial charge >= 0.3 is 0 Å². The van der Waals surface area contributed by atoms with Gasteiger partial charge in [-0.25, -0.2) is 0 Å². The topological polar surface area (TPSA) is 54.0 Å². The molecule has 0 aliphatic carbocycles. The van der Waals surface area contributed by atoms with Crippen LogP contribution in [0.5, 0.6) is 0 Å². The first-order valence-electron chi connectivity index (χ1n) is 7.16. The highest BCUT2D eigenvalue weighted by Gasteiger charge is 2.11. The molecule has 4 nitrogen and oxygen atoms in total. The Balaban J connectivity index is 1.77. The molecular weight excluding hydrogens is 345 g/mol. The van der Waals surface area contributed by atoms with Gasteiger partial charge in [-0.3, -0.25) is 9.78 Å². The lowest BCUT2D eigenvalue weighted by Gasteiger charge is -2.09. The van der Waals surface area contributed by atoms with Crippen LogP contribution in [0.4, 0.5) is 17.1 Å². The number of amides is 1. The number of aromatic nitrogens is 1. The molecule has 0 aliphatic heterocycles. The summed E-state index contributed by atoms with van der Waals surface area (Å²) in [7, 11) is 0. The van der Waals surface area contributed by atoms with Gasteiger partial charge in [-0.1, -0.05) is 41.4 Å². The molecule has 0 bridgehead atoms. The van der Waals surface area contributed by atoms with Crippen molar-refractivity contribution >= 4 is 46.2 Å². The van der Waals surface area contributed by atoms with Gasteiger partial charge < -0.3 is 10.6 Å². The number of hydrogen-bond donors (Lipinski definition) is 2. The Morgan fingerprint density at radius 2 is 1.71 bits per heavy atom. The summed E-state index contributed by atoms with van der Waals surface area (Å²) in [6, 6.07) is 18.0. The van der Waals surface area contributed by atoms with Crippen molar-refractivity contribution in [2.45, 2.75) is 0 Å². The summed E-state index contributed by atoms with van der Waals surface area (Å²) in [5.74, 6) is -0.351. The predicted octanol–water partition coefficient (Wildman–Crippen LogP) is 5.38. The van der Waals surface area contributed by atoms with Crippen LogP contribution in [0.3, 0.4) is 0 Å². The van der Waals surface area contributed by atoms with E-state index in [0.29, 0.717) is 15.7 Å². The standard InChI is InChI=1S/C18H13Cl2N3O/c19-12-6-7-16(15(20)10-12)23-18(24)17-11-14(8-9-21-17)22-13-4-2-1-3-5-13/h1-11H,(H,21,22)(H,23,24). The molecule has 3 rings (SSSR count). The molecule has 1 amide bonds. The monoisotopic (exact) mass is 357 g/mol. The molecule has 0 atom stereocenters. The number of nitrogens with zero attached hydrogens (tertiary/aromatic N) is 1. The first-order chi connectivity index (χ1) is 11.6. The molecule has 6 heteroatoms. The lowest BCUT2D eigenvalue weighted by atomic mass is 10.2. The first-order valence-corrected chi connectivity index (χ1v) is 7.92. The van der Waals surface area contributed by atoms with E-state index < -0.39 is 0 Å². The van der Waals surface area contributed by atoms with Crippen molar-refractivity contribution in [3.63, 3.8) is 0 Å². The van der Waals surface area contributed by atoms with Crippen LogP contribution in [-0.4, -0.2) is 10.9 Å². The Morgan fingerprint density at radius 3 is 2.46 bits per heavy atom. The molecule has 0 spiro atoms. The molecular formula is C18H13Cl2N3O. The van der Waals surface area contributed by atoms with E-state index in [2.05, 4.69) is 15.6 Å². The Kier molecular flexibility index (Phi) is 4.99. The molecule has 120 valence electrons. The van der Waals surface area contributed by atoms with E-state index in [9.17, 15) is 4.79 Å². The number of benzene rings is 2. The van der Waals surface area contributed by atoms with Gasteiger partial charge in [-0.05, 0) is 42.5 Å². The highest BCUT2D eigenvalue weighted by Crippen LogP contribution is 2.26. The lowest BCUT2D eigenvalue weighted by molar-refractivity contribution is 0.102. The van der Waals surface area contributed by atoms with Crippen LogP contribution in [0.2, 0.25) is 10.0 Å². The third kappa shape index (κ3) is 4.04. The minimum absolute atomic E-state index is 0.280. The SMILES string of the molecule is O=C(Nc1ccc(Cl)cc1Cl)c1cc(Nc2ccccc2)ccn1. The summed E-state index contributed by atoms with van der Waals surface area (Å²) in [4.78, 5) is 16.5. The van der Waals surface area contributed by atoms with Crippen molar-refractivity contribution < 1.29 is 4.79 Å². The minimum atomic E-state index is -0.351. The summed E-state index contributed by atoms with van der Waals surface area (Å²) >= 11 is 11.9. The third-order valence-corrected chi connectivity index (χ3v) is 3.78. The summed E-state index contributed by atoms with van der Waals surface area (Å²) in [6.07, 6.45) is 1.57. The van der Waals surface area contributed by atoms with E-state index in [1.54, 1.807) is 36.5 Å². The maximum absolute atomic E-state index is 12.4. The van der Waals surface area contributed by atoms with Crippen LogP contribution in [0.1, 0.15) is 10.5 Å². The maximum Gasteiger partial charge on any atom is 0.274 e. The average molecular weight is 358 g/mol. The number of carbonyl (C=O) groups excluding carboxylic acids is 1. The van der Waals surface area contributed by atoms with Gasteiger partial charge in [0.1, 0.15) is 5.69 Å². The number of pyridine rings is 1. The molecule has 0 saturated carbocycles. The molecule has 2 N–H and O–H groups in total. The van der Waals surface area contributed by atoms with Gasteiger partial charge in [-0.2, -0.15) is 0 Å². The highest BCUT2D eigenvalue weighted by molar-refractivity contribution is 6.36. The van der Waals surface area contributed by atoms with E-state index in [-0.39, 0.29) is 11.6 Å². The van der Waals surface area contributed by atoms with Crippen molar-refractivity contribution in [1.29, 1.82) is 0 Å². The van der Waals surface area contributed by atoms with Gasteiger partial charge in [0.2, 0.25) is 0 Å². The largest absolute Gasteiger partial charge is 0.355 e. The number of para-hydroxylation sites is 1. The molecule has 0 aliphatic rings. The second-order valence-electron chi connectivity index (χ2n) is 5.00. The zero-order chi connectivity index (χ0) is 16.9. The van der Waals surface area contributed by atoms with Crippen molar-refractivity contribution in [3.05, 3.63) is 82.6 Å². The molecule has 0 radical (unpaired) electrons. The van der Waals surface area contributed by atoms with Crippen molar-refractivity contribution in [2.24, 2.45) is 0 Å². The third-order valence-electron chi connectivity index (χ3n) is 3.23. The lowest BCUT2D eigenvalue weighted by Crippen LogP contribution is -2.14. The van der Waals surface area contributed by atoms with Crippen molar-refractivity contribution in [2.75, 3.05) is 10.6 Å². The number of rotatable bonds is 4. The van der Waals surface area contributed by atoms with Crippen LogP contribution in [0, 0.1) is 0 Å². The average Bonchev–Trinajstić information content (AvgIpc) is 2.58. The van der Waals surface area contributed by atoms with E-state index >= 15 is 0 Å². The number of carbonyl (C=O) groups is 1. The summed E-state index contributed by atoms with van der Waals surface area (Å²) < 4.78 is 0. The van der Waals surface area contributed by atoms with Gasteiger partial charge in [0.15, 0.2) is 0 Å². The zero-order valence-electron chi connectivity index (χ0n) is 12.5. The molecule has 1 heterocycles. The number of nitrogens with one attached hydrogen (secondary N) is 2. The van der Waals surface area contributed by atoms with Crippen LogP contribution < -0.4 is 10.6 Å². The Bertz CT molecular complexity index is 869. The number of halogens is 2. The second-order valence-corrected chi connectivity index (χ2v) is 5.84. The maximum atomic E-state index is 12.4. The van der Waals surface area contributed by atoms with Crippen LogP contribution in [0.25, 0.3) is 0 Å². The Hall–Kier alpha value is -2.56. The van der Waals surface area contributed by atoms with Crippen molar-refractivity contribution in [3.8, 4) is 0 Å². The van der Waals surface area contributed by atoms with Crippen LogP contribution in [0.15, 0.2) is 66.9 Å². The molecule has 3 aromatic rings. The van der Waals surface area contributed by atoms with Crippen LogP contribution in [-0.2, 0) is 0 Å². The predicted molar refractivity (Wildman–Crippen MR) is 98.4 cm³/mol. The normalized spacial score (nSPS) is 10.2. The minimum Gasteiger partial charge on any atom is -0.355 e. The van der Waals surface area contributed by atoms with E-state index in [1.807, 2.05) is 30.3 Å². The Morgan fingerprint density at radius 1 is 0.917 bits per heavy atom. The van der Waals surface area contributed by atoms with Gasteiger partial charge in [0.25, 0.3) is 5.91 Å². The summed E-state index contributed by atoms with van der Waals surface area (Å²) in [5, 5.41) is 6.82. The highest BCUT2D eigenvalue weighted by atomic mass is 35.5. The molecule has 0 unspecified atom stereocenters. The summed E-state index contributed by atoms with van der Waals surface area (Å²) in [6.45, 7) is 0. The van der Waals surface area contributed by atoms with Gasteiger partial charge in [0, 0.05) is 22.6 Å². The molecule has 2 aromatic carbocycles. The fourth-order valence-corrected chi connectivity index (χ4v) is 2.55. The van der Waals surface area contributed by atoms with Gasteiger partial charge in [0.05, 0.1) is 10.7 Å². The fourth-order valence-electron chi connectivity index (χ4n) is 2.10. The summed E-state index contributed by atoms with van der Waals surface area (Å²) in [5.41, 5.74) is 2.45. The van der Waals surface area contributed by atoms with Gasteiger partial charge in [-0.15, -0.1) is 0 Å². The molecule has 0 saturated heterocycles. The van der Waals surface area contributed by atoms with E-state index in [0.717, 1.165) is 11.4 Å². The Labute approximate surface area is 149 Å². The van der Waals surface area contributed by atoms with E-state index in [1.165, 1.54) is 0 Å². The number of anilines is 3. The molecule has 24 heavy (non-hydrogen) atoms. The first kappa shape index (κ1) is 16.3. The van der Waals surface area contributed by atoms with Crippen molar-refractivity contribution in [1.82, 2.24) is 4.98 Å². The quantitative estimate of drug-likeness (QED) is 0.658. The smallest absolute Gasteiger partial charge is 0.274 e. The zero-order valence-corrected chi connectivity index (χ0v) is 14.0. The molecule has 0 fully saturated rings. The fraction of sp³-hybridized carbons (Fsp3) is 0. The van der Waals surface area contributed by atoms with E-state index in [4.69, 9.17) is 23.2 Å². The van der Waals surface area contributed by atoms with Crippen LogP contribution >= 0.6 is 23.2 Å². The second kappa shape index (κ2) is 7.34. The molecule has 1 aromatic heterocycles. The number of hydrogen-bond acceptors (Lipinski definition) is 3.